The van der Waals surface area contributed by atoms with Gasteiger partial charge in [-0.1, -0.05) is 47.6 Å². The van der Waals surface area contributed by atoms with Crippen molar-refractivity contribution in [2.75, 3.05) is 20.1 Å². The average Bonchev–Trinajstić information content (AvgIpc) is 2.61. The maximum atomic E-state index is 11.9. The molecule has 4 heteroatoms. The van der Waals surface area contributed by atoms with Crippen LogP contribution in [0.3, 0.4) is 0 Å². The van der Waals surface area contributed by atoms with Crippen LogP contribution in [0.1, 0.15) is 67.2 Å². The van der Waals surface area contributed by atoms with Crippen molar-refractivity contribution in [3.05, 3.63) is 12.7 Å². The smallest absolute Gasteiger partial charge is 0.222 e. The van der Waals surface area contributed by atoms with E-state index in [1.807, 2.05) is 59.6 Å². The normalized spacial score (nSPS) is 15.0. The Morgan fingerprint density at radius 2 is 1.68 bits per heavy atom. The van der Waals surface area contributed by atoms with E-state index in [9.17, 15) is 4.79 Å². The van der Waals surface area contributed by atoms with E-state index in [0.717, 1.165) is 32.4 Å². The zero-order valence-corrected chi connectivity index (χ0v) is 16.1. The van der Waals surface area contributed by atoms with E-state index in [1.165, 1.54) is 0 Å². The minimum atomic E-state index is 0.232. The highest BCUT2D eigenvalue weighted by Gasteiger charge is 2.20. The summed E-state index contributed by atoms with van der Waals surface area (Å²) < 4.78 is 0. The molecule has 22 heavy (non-hydrogen) atoms. The van der Waals surface area contributed by atoms with E-state index >= 15 is 0 Å². The first kappa shape index (κ1) is 26.0. The van der Waals surface area contributed by atoms with Gasteiger partial charge in [0.25, 0.3) is 0 Å². The van der Waals surface area contributed by atoms with Crippen LogP contribution in [-0.4, -0.2) is 43.0 Å². The quantitative estimate of drug-likeness (QED) is 0.763. The van der Waals surface area contributed by atoms with Crippen molar-refractivity contribution in [2.24, 2.45) is 5.73 Å². The lowest BCUT2D eigenvalue weighted by atomic mass is 10.0. The van der Waals surface area contributed by atoms with E-state index in [1.54, 1.807) is 0 Å². The van der Waals surface area contributed by atoms with Gasteiger partial charge in [-0.3, -0.25) is 4.79 Å². The third kappa shape index (κ3) is 12.8. The van der Waals surface area contributed by atoms with E-state index in [2.05, 4.69) is 11.9 Å². The summed E-state index contributed by atoms with van der Waals surface area (Å²) in [6.45, 7) is 17.4. The third-order valence-electron chi connectivity index (χ3n) is 3.22. The van der Waals surface area contributed by atoms with Gasteiger partial charge in [0.05, 0.1) is 0 Å². The second-order valence-electron chi connectivity index (χ2n) is 4.39. The molecular formula is C18H41N3O. The van der Waals surface area contributed by atoms with Crippen LogP contribution < -0.4 is 11.1 Å². The molecule has 1 aliphatic rings. The number of hydrogen-bond acceptors (Lipinski definition) is 3. The lowest BCUT2D eigenvalue weighted by molar-refractivity contribution is -0.132. The van der Waals surface area contributed by atoms with Gasteiger partial charge >= 0.3 is 0 Å². The van der Waals surface area contributed by atoms with Crippen molar-refractivity contribution in [1.29, 1.82) is 0 Å². The van der Waals surface area contributed by atoms with Gasteiger partial charge < -0.3 is 16.0 Å². The van der Waals surface area contributed by atoms with Gasteiger partial charge in [-0.15, -0.1) is 6.58 Å². The predicted molar refractivity (Wildman–Crippen MR) is 100 cm³/mol. The van der Waals surface area contributed by atoms with Crippen LogP contribution in [0, 0.1) is 0 Å². The van der Waals surface area contributed by atoms with Gasteiger partial charge in [0.1, 0.15) is 0 Å². The summed E-state index contributed by atoms with van der Waals surface area (Å²) in [5.41, 5.74) is 5.80. The minimum Gasteiger partial charge on any atom is -0.343 e. The molecule has 0 radical (unpaired) electrons. The SMILES string of the molecule is C=CC(CCC(=O)N1CCC(N)CC1)NC.CC.CC.CC. The Morgan fingerprint density at radius 3 is 2.05 bits per heavy atom. The second kappa shape index (κ2) is 20.1. The number of hydrogen-bond donors (Lipinski definition) is 2. The Bertz CT molecular complexity index is 236. The molecule has 0 aromatic rings. The lowest BCUT2D eigenvalue weighted by Crippen LogP contribution is -2.43. The van der Waals surface area contributed by atoms with Gasteiger partial charge in [0, 0.05) is 31.6 Å². The molecule has 4 nitrogen and oxygen atoms in total. The Morgan fingerprint density at radius 1 is 1.23 bits per heavy atom. The highest BCUT2D eigenvalue weighted by molar-refractivity contribution is 5.76. The zero-order valence-electron chi connectivity index (χ0n) is 16.1. The average molecular weight is 316 g/mol. The van der Waals surface area contributed by atoms with Gasteiger partial charge in [-0.25, -0.2) is 0 Å². The summed E-state index contributed by atoms with van der Waals surface area (Å²) >= 11 is 0. The number of likely N-dealkylation sites (tertiary alicyclic amines) is 1. The molecule has 1 saturated heterocycles. The molecular weight excluding hydrogens is 274 g/mol. The molecule has 1 amide bonds. The second-order valence-corrected chi connectivity index (χ2v) is 4.39. The predicted octanol–water partition coefficient (Wildman–Crippen LogP) is 3.57. The van der Waals surface area contributed by atoms with Crippen molar-refractivity contribution >= 4 is 5.91 Å². The van der Waals surface area contributed by atoms with E-state index in [0.29, 0.717) is 6.42 Å². The molecule has 0 aromatic carbocycles. The maximum absolute atomic E-state index is 11.9. The summed E-state index contributed by atoms with van der Waals surface area (Å²) in [7, 11) is 1.89. The fourth-order valence-electron chi connectivity index (χ4n) is 1.97. The van der Waals surface area contributed by atoms with Crippen LogP contribution >= 0.6 is 0 Å². The number of amides is 1. The summed E-state index contributed by atoms with van der Waals surface area (Å²) in [4.78, 5) is 13.8. The van der Waals surface area contributed by atoms with Gasteiger partial charge in [-0.05, 0) is 26.3 Å². The van der Waals surface area contributed by atoms with Crippen LogP contribution in [0.4, 0.5) is 0 Å². The first-order chi connectivity index (χ1) is 10.7. The molecule has 1 aliphatic heterocycles. The number of carbonyl (C=O) groups excluding carboxylic acids is 1. The molecule has 0 aliphatic carbocycles. The highest BCUT2D eigenvalue weighted by atomic mass is 16.2. The Kier molecular flexibility index (Phi) is 23.8. The maximum Gasteiger partial charge on any atom is 0.222 e. The molecule has 1 rings (SSSR count). The molecule has 0 spiro atoms. The van der Waals surface area contributed by atoms with Crippen molar-refractivity contribution in [2.45, 2.75) is 79.3 Å². The summed E-state index contributed by atoms with van der Waals surface area (Å²) in [6.07, 6.45) is 5.12. The third-order valence-corrected chi connectivity index (χ3v) is 3.22. The van der Waals surface area contributed by atoms with Crippen LogP contribution in [0.2, 0.25) is 0 Å². The Labute approximate surface area is 139 Å². The topological polar surface area (TPSA) is 58.4 Å². The molecule has 1 unspecified atom stereocenters. The molecule has 3 N–H and O–H groups in total. The fourth-order valence-corrected chi connectivity index (χ4v) is 1.97. The lowest BCUT2D eigenvalue weighted by Gasteiger charge is -2.30. The fraction of sp³-hybridized carbons (Fsp3) is 0.833. The molecule has 1 heterocycles. The summed E-state index contributed by atoms with van der Waals surface area (Å²) in [6, 6.07) is 0.512. The Balaban J connectivity index is -0.000000535. The van der Waals surface area contributed by atoms with Crippen LogP contribution in [0.5, 0.6) is 0 Å². The van der Waals surface area contributed by atoms with Crippen molar-refractivity contribution in [1.82, 2.24) is 10.2 Å². The highest BCUT2D eigenvalue weighted by Crippen LogP contribution is 2.11. The summed E-state index contributed by atoms with van der Waals surface area (Å²) in [5.74, 6) is 0.244. The number of likely N-dealkylation sites (N-methyl/N-ethyl adjacent to an activating group) is 1. The monoisotopic (exact) mass is 315 g/mol. The van der Waals surface area contributed by atoms with E-state index in [-0.39, 0.29) is 18.0 Å². The number of nitrogens with zero attached hydrogens (tertiary/aromatic N) is 1. The van der Waals surface area contributed by atoms with Crippen LogP contribution in [0.15, 0.2) is 12.7 Å². The minimum absolute atomic E-state index is 0.232. The molecule has 0 aromatic heterocycles. The number of nitrogens with two attached hydrogens (primary N) is 1. The zero-order chi connectivity index (χ0) is 18.0. The number of nitrogens with one attached hydrogen (secondary N) is 1. The number of piperidine rings is 1. The van der Waals surface area contributed by atoms with Gasteiger partial charge in [-0.2, -0.15) is 0 Å². The molecule has 134 valence electrons. The van der Waals surface area contributed by atoms with Crippen LogP contribution in [0.25, 0.3) is 0 Å². The van der Waals surface area contributed by atoms with Gasteiger partial charge in [0.15, 0.2) is 0 Å². The molecule has 1 fully saturated rings. The molecule has 1 atom stereocenters. The first-order valence-corrected chi connectivity index (χ1v) is 9.00. The number of rotatable bonds is 5. The van der Waals surface area contributed by atoms with Gasteiger partial charge in [0.2, 0.25) is 5.91 Å². The molecule has 0 bridgehead atoms. The first-order valence-electron chi connectivity index (χ1n) is 9.00. The van der Waals surface area contributed by atoms with E-state index in [4.69, 9.17) is 5.73 Å². The Hall–Kier alpha value is -0.870. The molecule has 0 saturated carbocycles. The van der Waals surface area contributed by atoms with Crippen molar-refractivity contribution in [3.63, 3.8) is 0 Å². The van der Waals surface area contributed by atoms with Crippen molar-refractivity contribution < 1.29 is 4.79 Å². The standard InChI is InChI=1S/C12H23N3O.3C2H6/c1-3-11(14-2)4-5-12(16)15-8-6-10(13)7-9-15;3*1-2/h3,10-11,14H,1,4-9,13H2,2H3;3*1-2H3. The van der Waals surface area contributed by atoms with Crippen LogP contribution in [-0.2, 0) is 4.79 Å². The van der Waals surface area contributed by atoms with Crippen molar-refractivity contribution in [3.8, 4) is 0 Å². The summed E-state index contributed by atoms with van der Waals surface area (Å²) in [5, 5.41) is 3.11. The van der Waals surface area contributed by atoms with E-state index < -0.39 is 0 Å². The number of carbonyl (C=O) groups is 1. The largest absolute Gasteiger partial charge is 0.343 e.